The summed E-state index contributed by atoms with van der Waals surface area (Å²) in [6.45, 7) is 6.64. The van der Waals surface area contributed by atoms with E-state index in [0.29, 0.717) is 19.3 Å². The number of hydrogen-bond donors (Lipinski definition) is 0. The lowest BCUT2D eigenvalue weighted by Gasteiger charge is -2.18. The molecule has 0 aromatic rings. The minimum absolute atomic E-state index is 0.0669. The Morgan fingerprint density at radius 3 is 0.841 bits per heavy atom. The Hall–Kier alpha value is -1.85. The van der Waals surface area contributed by atoms with Crippen LogP contribution in [0, 0.1) is 0 Å². The molecule has 0 aliphatic heterocycles. The summed E-state index contributed by atoms with van der Waals surface area (Å²) in [5.74, 6) is -0.856. The van der Waals surface area contributed by atoms with E-state index in [1.54, 1.807) is 0 Å². The van der Waals surface area contributed by atoms with E-state index in [2.05, 4.69) is 32.9 Å². The van der Waals surface area contributed by atoms with Gasteiger partial charge in [-0.05, 0) is 38.5 Å². The maximum atomic E-state index is 12.8. The van der Waals surface area contributed by atoms with E-state index in [4.69, 9.17) is 14.2 Å². The first kappa shape index (κ1) is 61.1. The molecule has 6 heteroatoms. The van der Waals surface area contributed by atoms with Crippen molar-refractivity contribution in [3.05, 3.63) is 12.2 Å². The summed E-state index contributed by atoms with van der Waals surface area (Å²) in [6, 6.07) is 0. The molecule has 0 aliphatic rings. The highest BCUT2D eigenvalue weighted by Gasteiger charge is 2.19. The summed E-state index contributed by atoms with van der Waals surface area (Å²) >= 11 is 0. The lowest BCUT2D eigenvalue weighted by Crippen LogP contribution is -2.30. The Balaban J connectivity index is 4.21. The fourth-order valence-corrected chi connectivity index (χ4v) is 8.49. The number of ether oxygens (including phenoxy) is 3. The molecule has 0 heterocycles. The van der Waals surface area contributed by atoms with Crippen molar-refractivity contribution in [3.8, 4) is 0 Å². The van der Waals surface area contributed by atoms with Crippen LogP contribution in [0.2, 0.25) is 0 Å². The number of carbonyl (C=O) groups excluding carboxylic acids is 3. The van der Waals surface area contributed by atoms with Crippen LogP contribution in [0.4, 0.5) is 0 Å². The second kappa shape index (κ2) is 52.8. The normalized spacial score (nSPS) is 12.0. The van der Waals surface area contributed by atoms with Crippen molar-refractivity contribution in [1.82, 2.24) is 0 Å². The molecule has 372 valence electrons. The second-order valence-corrected chi connectivity index (χ2v) is 19.2. The number of allylic oxidation sites excluding steroid dienone is 2. The van der Waals surface area contributed by atoms with Crippen LogP contribution >= 0.6 is 0 Å². The van der Waals surface area contributed by atoms with E-state index in [-0.39, 0.29) is 31.1 Å². The molecule has 0 spiro atoms. The van der Waals surface area contributed by atoms with Crippen LogP contribution in [-0.2, 0) is 28.6 Å². The molecule has 0 rings (SSSR count). The van der Waals surface area contributed by atoms with Crippen molar-refractivity contribution in [2.24, 2.45) is 0 Å². The molecule has 0 unspecified atom stereocenters. The average molecular weight is 889 g/mol. The van der Waals surface area contributed by atoms with Gasteiger partial charge in [-0.1, -0.05) is 270 Å². The quantitative estimate of drug-likeness (QED) is 0.0262. The summed E-state index contributed by atoms with van der Waals surface area (Å²) in [6.07, 6.45) is 59.2. The van der Waals surface area contributed by atoms with Gasteiger partial charge in [0.15, 0.2) is 6.10 Å². The minimum Gasteiger partial charge on any atom is -0.462 e. The highest BCUT2D eigenvalue weighted by molar-refractivity contribution is 5.71. The van der Waals surface area contributed by atoms with Crippen molar-refractivity contribution < 1.29 is 28.6 Å². The van der Waals surface area contributed by atoms with Gasteiger partial charge in [-0.15, -0.1) is 0 Å². The van der Waals surface area contributed by atoms with Gasteiger partial charge in [-0.25, -0.2) is 0 Å². The van der Waals surface area contributed by atoms with Crippen LogP contribution in [0.5, 0.6) is 0 Å². The topological polar surface area (TPSA) is 78.9 Å². The molecule has 6 nitrogen and oxygen atoms in total. The SMILES string of the molecule is CCCC/C=C\CCCCCCCC(=O)OC[C@H](COC(=O)CCCCCCCCCCCCCCCCCCCCCCC)OC(=O)CCCCCCCCCCCCCCC. The fraction of sp³-hybridized carbons (Fsp3) is 0.912. The average Bonchev–Trinajstić information content (AvgIpc) is 3.28. The first-order valence-electron chi connectivity index (χ1n) is 28.2. The summed E-state index contributed by atoms with van der Waals surface area (Å²) in [5, 5.41) is 0. The maximum Gasteiger partial charge on any atom is 0.306 e. The second-order valence-electron chi connectivity index (χ2n) is 19.2. The fourth-order valence-electron chi connectivity index (χ4n) is 8.49. The number of esters is 3. The molecule has 0 saturated carbocycles. The van der Waals surface area contributed by atoms with Gasteiger partial charge in [0.2, 0.25) is 0 Å². The molecule has 0 fully saturated rings. The Kier molecular flexibility index (Phi) is 51.2. The van der Waals surface area contributed by atoms with Crippen LogP contribution in [-0.4, -0.2) is 37.2 Å². The lowest BCUT2D eigenvalue weighted by molar-refractivity contribution is -0.167. The van der Waals surface area contributed by atoms with Gasteiger partial charge < -0.3 is 14.2 Å². The van der Waals surface area contributed by atoms with E-state index in [1.807, 2.05) is 0 Å². The molecule has 0 aromatic carbocycles. The standard InChI is InChI=1S/C57H108O6/c1-4-7-10-13-16-19-22-24-25-26-27-28-29-30-31-33-35-38-41-44-47-50-56(59)62-53-54(52-61-55(58)49-46-43-40-37-34-21-18-15-12-9-6-3)63-57(60)51-48-45-42-39-36-32-23-20-17-14-11-8-5-2/h15,18,54H,4-14,16-17,19-53H2,1-3H3/b18-15-/t54-/m1/s1. The molecule has 1 atom stereocenters. The van der Waals surface area contributed by atoms with Crippen molar-refractivity contribution in [2.45, 2.75) is 322 Å². The summed E-state index contributed by atoms with van der Waals surface area (Å²) in [7, 11) is 0. The van der Waals surface area contributed by atoms with Crippen molar-refractivity contribution in [1.29, 1.82) is 0 Å². The minimum atomic E-state index is -0.766. The Morgan fingerprint density at radius 2 is 0.540 bits per heavy atom. The van der Waals surface area contributed by atoms with Gasteiger partial charge in [-0.3, -0.25) is 14.4 Å². The van der Waals surface area contributed by atoms with Gasteiger partial charge in [0.25, 0.3) is 0 Å². The molecule has 0 bridgehead atoms. The summed E-state index contributed by atoms with van der Waals surface area (Å²) in [4.78, 5) is 38.0. The largest absolute Gasteiger partial charge is 0.462 e. The number of carbonyl (C=O) groups is 3. The molecular weight excluding hydrogens is 781 g/mol. The summed E-state index contributed by atoms with van der Waals surface area (Å²) in [5.41, 5.74) is 0. The monoisotopic (exact) mass is 889 g/mol. The van der Waals surface area contributed by atoms with E-state index in [9.17, 15) is 14.4 Å². The van der Waals surface area contributed by atoms with Crippen LogP contribution in [0.15, 0.2) is 12.2 Å². The number of rotatable bonds is 52. The van der Waals surface area contributed by atoms with Gasteiger partial charge in [0, 0.05) is 19.3 Å². The maximum absolute atomic E-state index is 12.8. The molecule has 0 radical (unpaired) electrons. The van der Waals surface area contributed by atoms with Crippen LogP contribution in [0.1, 0.15) is 316 Å². The molecule has 0 N–H and O–H groups in total. The third-order valence-electron chi connectivity index (χ3n) is 12.8. The molecule has 63 heavy (non-hydrogen) atoms. The van der Waals surface area contributed by atoms with Gasteiger partial charge >= 0.3 is 17.9 Å². The Labute approximate surface area is 392 Å². The van der Waals surface area contributed by atoms with Gasteiger partial charge in [0.05, 0.1) is 0 Å². The molecule has 0 saturated heterocycles. The predicted octanol–water partition coefficient (Wildman–Crippen LogP) is 18.5. The zero-order chi connectivity index (χ0) is 45.8. The van der Waals surface area contributed by atoms with E-state index < -0.39 is 6.10 Å². The highest BCUT2D eigenvalue weighted by Crippen LogP contribution is 2.17. The van der Waals surface area contributed by atoms with Gasteiger partial charge in [-0.2, -0.15) is 0 Å². The van der Waals surface area contributed by atoms with Gasteiger partial charge in [0.1, 0.15) is 13.2 Å². The number of unbranched alkanes of at least 4 members (excludes halogenated alkanes) is 39. The Morgan fingerprint density at radius 1 is 0.302 bits per heavy atom. The zero-order valence-electron chi connectivity index (χ0n) is 42.6. The molecule has 0 aromatic heterocycles. The first-order chi connectivity index (χ1) is 31.0. The van der Waals surface area contributed by atoms with Crippen LogP contribution in [0.3, 0.4) is 0 Å². The zero-order valence-corrected chi connectivity index (χ0v) is 42.6. The third kappa shape index (κ3) is 51.0. The van der Waals surface area contributed by atoms with Crippen LogP contribution < -0.4 is 0 Å². The third-order valence-corrected chi connectivity index (χ3v) is 12.8. The smallest absolute Gasteiger partial charge is 0.306 e. The van der Waals surface area contributed by atoms with E-state index in [1.165, 1.54) is 212 Å². The van der Waals surface area contributed by atoms with Crippen molar-refractivity contribution >= 4 is 17.9 Å². The highest BCUT2D eigenvalue weighted by atomic mass is 16.6. The summed E-state index contributed by atoms with van der Waals surface area (Å²) < 4.78 is 16.8. The van der Waals surface area contributed by atoms with E-state index >= 15 is 0 Å². The van der Waals surface area contributed by atoms with Crippen molar-refractivity contribution in [3.63, 3.8) is 0 Å². The molecule has 0 amide bonds. The molecular formula is C57H108O6. The Bertz CT molecular complexity index is 978. The van der Waals surface area contributed by atoms with Crippen molar-refractivity contribution in [2.75, 3.05) is 13.2 Å². The van der Waals surface area contributed by atoms with Crippen LogP contribution in [0.25, 0.3) is 0 Å². The number of hydrogen-bond acceptors (Lipinski definition) is 6. The van der Waals surface area contributed by atoms with E-state index in [0.717, 1.165) is 64.2 Å². The first-order valence-corrected chi connectivity index (χ1v) is 28.2. The molecule has 0 aliphatic carbocycles. The lowest BCUT2D eigenvalue weighted by atomic mass is 10.0. The predicted molar refractivity (Wildman–Crippen MR) is 270 cm³/mol.